The van der Waals surface area contributed by atoms with E-state index < -0.39 is 22.6 Å². The smallest absolute Gasteiger partial charge is 0.268 e. The lowest BCUT2D eigenvalue weighted by molar-refractivity contribution is 0.450. The Morgan fingerprint density at radius 2 is 1.67 bits per heavy atom. The van der Waals surface area contributed by atoms with Gasteiger partial charge >= 0.3 is 0 Å². The zero-order valence-corrected chi connectivity index (χ0v) is 7.81. The highest BCUT2D eigenvalue weighted by atomic mass is 16.3. The first-order valence-corrected chi connectivity index (χ1v) is 4.45. The first-order valence-electron chi connectivity index (χ1n) is 4.45. The molecule has 0 amide bonds. The normalized spacial score (nSPS) is 12.9. The number of aromatic hydroxyl groups is 1. The summed E-state index contributed by atoms with van der Waals surface area (Å²) in [6.45, 7) is 0. The Morgan fingerprint density at radius 3 is 2.20 bits per heavy atom. The highest BCUT2D eigenvalue weighted by Crippen LogP contribution is 2.22. The van der Waals surface area contributed by atoms with Crippen LogP contribution in [0, 0.1) is 0 Å². The van der Waals surface area contributed by atoms with Crippen LogP contribution in [0.3, 0.4) is 0 Å². The first kappa shape index (κ1) is 9.61. The molecule has 76 valence electrons. The number of rotatable bonds is 2. The molecule has 0 aliphatic rings. The summed E-state index contributed by atoms with van der Waals surface area (Å²) in [7, 11) is 0. The maximum absolute atomic E-state index is 11.1. The average Bonchev–Trinajstić information content (AvgIpc) is 2.30. The predicted octanol–water partition coefficient (Wildman–Crippen LogP) is 0.0363. The summed E-state index contributed by atoms with van der Waals surface area (Å²) < 4.78 is 0. The molecule has 4 heteroatoms. The fourth-order valence-corrected chi connectivity index (χ4v) is 1.51. The molecule has 4 nitrogen and oxygen atoms in total. The third kappa shape index (κ3) is 1.35. The third-order valence-corrected chi connectivity index (χ3v) is 2.39. The Labute approximate surface area is 85.3 Å². The lowest BCUT2D eigenvalue weighted by Crippen LogP contribution is -2.38. The van der Waals surface area contributed by atoms with Crippen LogP contribution >= 0.6 is 0 Å². The van der Waals surface area contributed by atoms with Gasteiger partial charge in [-0.05, 0) is 5.56 Å². The van der Waals surface area contributed by atoms with Crippen LogP contribution in [0.5, 0.6) is 5.75 Å². The van der Waals surface area contributed by atoms with Gasteiger partial charge in [0.2, 0.25) is 5.43 Å². The van der Waals surface area contributed by atoms with E-state index in [9.17, 15) is 14.7 Å². The highest BCUT2D eigenvalue weighted by molar-refractivity contribution is 5.44. The van der Waals surface area contributed by atoms with Gasteiger partial charge in [0.25, 0.3) is 5.43 Å². The van der Waals surface area contributed by atoms with Gasteiger partial charge in [0.05, 0.1) is 11.6 Å². The van der Waals surface area contributed by atoms with Crippen molar-refractivity contribution >= 4 is 0 Å². The molecule has 1 unspecified atom stereocenters. The Kier molecular flexibility index (Phi) is 2.13. The van der Waals surface area contributed by atoms with E-state index in [1.54, 1.807) is 24.3 Å². The molecular weight excluding hydrogens is 194 g/mol. The van der Waals surface area contributed by atoms with E-state index in [0.29, 0.717) is 5.56 Å². The topological polar surface area (TPSA) is 80.4 Å². The minimum absolute atomic E-state index is 0.00574. The van der Waals surface area contributed by atoms with Crippen LogP contribution in [0.2, 0.25) is 0 Å². The number of hydrogen-bond donors (Lipinski definition) is 2. The Hall–Kier alpha value is -1.94. The fourth-order valence-electron chi connectivity index (χ4n) is 1.51. The summed E-state index contributed by atoms with van der Waals surface area (Å²) in [5.74, 6) is -0.503. The SMILES string of the molecule is NC(c1ccccc1)c1c(O)c(=O)c1=O. The van der Waals surface area contributed by atoms with Crippen molar-refractivity contribution in [2.75, 3.05) is 0 Å². The van der Waals surface area contributed by atoms with E-state index in [2.05, 4.69) is 0 Å². The van der Waals surface area contributed by atoms with Gasteiger partial charge < -0.3 is 10.8 Å². The van der Waals surface area contributed by atoms with Crippen LogP contribution in [0.4, 0.5) is 0 Å². The molecule has 2 aromatic rings. The van der Waals surface area contributed by atoms with Gasteiger partial charge in [-0.15, -0.1) is 0 Å². The third-order valence-electron chi connectivity index (χ3n) is 2.39. The second-order valence-corrected chi connectivity index (χ2v) is 3.31. The van der Waals surface area contributed by atoms with Gasteiger partial charge in [0.15, 0.2) is 5.75 Å². The van der Waals surface area contributed by atoms with Gasteiger partial charge in [0, 0.05) is 0 Å². The van der Waals surface area contributed by atoms with Gasteiger partial charge in [-0.25, -0.2) is 0 Å². The van der Waals surface area contributed by atoms with Crippen molar-refractivity contribution in [1.29, 1.82) is 0 Å². The van der Waals surface area contributed by atoms with Crippen LogP contribution in [-0.2, 0) is 0 Å². The molecule has 0 bridgehead atoms. The van der Waals surface area contributed by atoms with Crippen molar-refractivity contribution in [3.63, 3.8) is 0 Å². The van der Waals surface area contributed by atoms with E-state index >= 15 is 0 Å². The van der Waals surface area contributed by atoms with Gasteiger partial charge in [-0.2, -0.15) is 0 Å². The Bertz CT molecular complexity index is 553. The van der Waals surface area contributed by atoms with Gasteiger partial charge in [0.1, 0.15) is 0 Å². The summed E-state index contributed by atoms with van der Waals surface area (Å²) in [4.78, 5) is 21.9. The standard InChI is InChI=1S/C11H9NO3/c12-8(6-4-2-1-3-5-6)7-9(13)11(15)10(7)14/h1-5,8,13H,12H2. The zero-order chi connectivity index (χ0) is 11.0. The maximum Gasteiger partial charge on any atom is 0.268 e. The summed E-state index contributed by atoms with van der Waals surface area (Å²) >= 11 is 0. The van der Waals surface area contributed by atoms with Crippen LogP contribution in [0.15, 0.2) is 39.9 Å². The lowest BCUT2D eigenvalue weighted by atomic mass is 9.95. The highest BCUT2D eigenvalue weighted by Gasteiger charge is 2.26. The molecule has 0 aromatic heterocycles. The van der Waals surface area contributed by atoms with Crippen molar-refractivity contribution in [2.45, 2.75) is 6.04 Å². The summed E-state index contributed by atoms with van der Waals surface area (Å²) in [5, 5.41) is 9.21. The van der Waals surface area contributed by atoms with Gasteiger partial charge in [-0.3, -0.25) is 9.59 Å². The molecule has 0 aliphatic heterocycles. The van der Waals surface area contributed by atoms with Crippen molar-refractivity contribution < 1.29 is 5.11 Å². The van der Waals surface area contributed by atoms with E-state index in [4.69, 9.17) is 5.73 Å². The monoisotopic (exact) mass is 203 g/mol. The Morgan fingerprint density at radius 1 is 1.07 bits per heavy atom. The van der Waals surface area contributed by atoms with Crippen LogP contribution < -0.4 is 16.6 Å². The molecule has 0 spiro atoms. The number of benzene rings is 1. The minimum Gasteiger partial charge on any atom is -0.504 e. The molecular formula is C11H9NO3. The summed E-state index contributed by atoms with van der Waals surface area (Å²) in [5.41, 5.74) is 4.91. The Balaban J connectivity index is 2.43. The van der Waals surface area contributed by atoms with Crippen molar-refractivity contribution in [3.8, 4) is 5.75 Å². The minimum atomic E-state index is -0.851. The number of nitrogens with two attached hydrogens (primary N) is 1. The molecule has 0 aliphatic carbocycles. The molecule has 3 N–H and O–H groups in total. The molecule has 0 saturated carbocycles. The molecule has 0 saturated heterocycles. The zero-order valence-electron chi connectivity index (χ0n) is 7.81. The van der Waals surface area contributed by atoms with Crippen molar-refractivity contribution in [3.05, 3.63) is 61.9 Å². The first-order chi connectivity index (χ1) is 7.13. The molecule has 0 radical (unpaired) electrons. The van der Waals surface area contributed by atoms with Crippen molar-refractivity contribution in [1.82, 2.24) is 0 Å². The molecule has 1 atom stereocenters. The van der Waals surface area contributed by atoms with E-state index in [1.807, 2.05) is 6.07 Å². The lowest BCUT2D eigenvalue weighted by Gasteiger charge is -2.14. The quantitative estimate of drug-likeness (QED) is 0.675. The second-order valence-electron chi connectivity index (χ2n) is 3.31. The summed E-state index contributed by atoms with van der Waals surface area (Å²) in [6, 6.07) is 8.12. The average molecular weight is 203 g/mol. The molecule has 2 aromatic carbocycles. The van der Waals surface area contributed by atoms with E-state index in [0.717, 1.165) is 0 Å². The second kappa shape index (κ2) is 3.33. The van der Waals surface area contributed by atoms with Crippen LogP contribution in [-0.4, -0.2) is 5.11 Å². The van der Waals surface area contributed by atoms with Gasteiger partial charge in [-0.1, -0.05) is 30.3 Å². The number of hydrogen-bond acceptors (Lipinski definition) is 4. The van der Waals surface area contributed by atoms with E-state index in [1.165, 1.54) is 0 Å². The van der Waals surface area contributed by atoms with Crippen LogP contribution in [0.25, 0.3) is 0 Å². The molecule has 2 rings (SSSR count). The van der Waals surface area contributed by atoms with E-state index in [-0.39, 0.29) is 5.56 Å². The summed E-state index contributed by atoms with van der Waals surface area (Å²) in [6.07, 6.45) is 0. The predicted molar refractivity (Wildman–Crippen MR) is 55.5 cm³/mol. The maximum atomic E-state index is 11.1. The molecule has 0 heterocycles. The fraction of sp³-hybridized carbons (Fsp3) is 0.0909. The largest absolute Gasteiger partial charge is 0.504 e. The molecule has 0 fully saturated rings. The van der Waals surface area contributed by atoms with Crippen molar-refractivity contribution in [2.24, 2.45) is 5.73 Å². The molecule has 15 heavy (non-hydrogen) atoms. The van der Waals surface area contributed by atoms with Crippen LogP contribution in [0.1, 0.15) is 17.2 Å².